The smallest absolute Gasteiger partial charge is 0.338 e. The second-order valence-corrected chi connectivity index (χ2v) is 6.16. The number of amides is 1. The average molecular weight is 355 g/mol. The number of hydrogen-bond donors (Lipinski definition) is 1. The number of methoxy groups -OCH3 is 1. The fourth-order valence-corrected chi connectivity index (χ4v) is 2.50. The van der Waals surface area contributed by atoms with Gasteiger partial charge in [0.2, 0.25) is 0 Å². The van der Waals surface area contributed by atoms with Crippen LogP contribution in [0.5, 0.6) is 5.75 Å². The molecule has 0 heterocycles. The first-order valence-corrected chi connectivity index (χ1v) is 8.71. The highest BCUT2D eigenvalue weighted by Crippen LogP contribution is 2.26. The largest absolute Gasteiger partial charge is 0.497 e. The van der Waals surface area contributed by atoms with Gasteiger partial charge in [0.25, 0.3) is 5.91 Å². The maximum absolute atomic E-state index is 12.4. The van der Waals surface area contributed by atoms with E-state index in [-0.39, 0.29) is 5.91 Å². The number of nitrogens with one attached hydrogen (secondary N) is 1. The maximum atomic E-state index is 12.4. The molecule has 1 N–H and O–H groups in total. The SMILES string of the molecule is CC[C@H](C)c1ccccc1NC(=O)[C@@H](C)OC(=O)c1ccc(OC)cc1. The molecule has 0 saturated carbocycles. The summed E-state index contributed by atoms with van der Waals surface area (Å²) < 4.78 is 10.3. The third-order valence-electron chi connectivity index (χ3n) is 4.34. The van der Waals surface area contributed by atoms with Crippen molar-refractivity contribution in [1.82, 2.24) is 0 Å². The first-order valence-electron chi connectivity index (χ1n) is 8.71. The zero-order chi connectivity index (χ0) is 19.1. The van der Waals surface area contributed by atoms with Crippen LogP contribution in [0.2, 0.25) is 0 Å². The van der Waals surface area contributed by atoms with E-state index in [0.717, 1.165) is 17.7 Å². The standard InChI is InChI=1S/C21H25NO4/c1-5-14(2)18-8-6-7-9-19(18)22-20(23)15(3)26-21(24)16-10-12-17(25-4)13-11-16/h6-15H,5H2,1-4H3,(H,22,23)/t14-,15+/m0/s1. The van der Waals surface area contributed by atoms with Crippen molar-refractivity contribution >= 4 is 17.6 Å². The molecule has 26 heavy (non-hydrogen) atoms. The molecule has 2 aromatic rings. The first-order chi connectivity index (χ1) is 12.5. The molecule has 5 nitrogen and oxygen atoms in total. The second-order valence-electron chi connectivity index (χ2n) is 6.16. The minimum Gasteiger partial charge on any atom is -0.497 e. The Hall–Kier alpha value is -2.82. The summed E-state index contributed by atoms with van der Waals surface area (Å²) in [5.41, 5.74) is 2.18. The lowest BCUT2D eigenvalue weighted by molar-refractivity contribution is -0.123. The predicted octanol–water partition coefficient (Wildman–Crippen LogP) is 4.39. The summed E-state index contributed by atoms with van der Waals surface area (Å²) in [6, 6.07) is 14.2. The van der Waals surface area contributed by atoms with Gasteiger partial charge in [0.1, 0.15) is 5.75 Å². The summed E-state index contributed by atoms with van der Waals surface area (Å²) in [4.78, 5) is 24.6. The molecule has 0 fully saturated rings. The Morgan fingerprint density at radius 1 is 1.04 bits per heavy atom. The summed E-state index contributed by atoms with van der Waals surface area (Å²) in [5, 5.41) is 2.86. The number of anilines is 1. The summed E-state index contributed by atoms with van der Waals surface area (Å²) in [6.07, 6.45) is 0.0594. The lowest BCUT2D eigenvalue weighted by atomic mass is 9.97. The van der Waals surface area contributed by atoms with Gasteiger partial charge in [0.15, 0.2) is 6.10 Å². The number of carbonyl (C=O) groups is 2. The molecular weight excluding hydrogens is 330 g/mol. The number of rotatable bonds is 7. The van der Waals surface area contributed by atoms with Crippen molar-refractivity contribution in [3.63, 3.8) is 0 Å². The topological polar surface area (TPSA) is 64.6 Å². The van der Waals surface area contributed by atoms with E-state index in [9.17, 15) is 9.59 Å². The van der Waals surface area contributed by atoms with Gasteiger partial charge < -0.3 is 14.8 Å². The van der Waals surface area contributed by atoms with Gasteiger partial charge in [0, 0.05) is 5.69 Å². The molecule has 2 rings (SSSR count). The van der Waals surface area contributed by atoms with Crippen molar-refractivity contribution in [2.24, 2.45) is 0 Å². The molecule has 2 aromatic carbocycles. The molecule has 0 unspecified atom stereocenters. The van der Waals surface area contributed by atoms with Crippen LogP contribution in [0, 0.1) is 0 Å². The van der Waals surface area contributed by atoms with E-state index in [2.05, 4.69) is 19.2 Å². The van der Waals surface area contributed by atoms with Crippen molar-refractivity contribution in [3.8, 4) is 5.75 Å². The van der Waals surface area contributed by atoms with Gasteiger partial charge in [-0.3, -0.25) is 4.79 Å². The average Bonchev–Trinajstić information content (AvgIpc) is 2.67. The lowest BCUT2D eigenvalue weighted by Gasteiger charge is -2.18. The Balaban J connectivity index is 2.02. The molecule has 0 aliphatic rings. The Morgan fingerprint density at radius 3 is 2.31 bits per heavy atom. The molecule has 0 aliphatic carbocycles. The molecule has 0 radical (unpaired) electrons. The van der Waals surface area contributed by atoms with Crippen molar-refractivity contribution in [3.05, 3.63) is 59.7 Å². The summed E-state index contributed by atoms with van der Waals surface area (Å²) in [6.45, 7) is 5.77. The van der Waals surface area contributed by atoms with E-state index in [0.29, 0.717) is 17.2 Å². The lowest BCUT2D eigenvalue weighted by Crippen LogP contribution is -2.30. The number of ether oxygens (including phenoxy) is 2. The third kappa shape index (κ3) is 4.85. The number of hydrogen-bond acceptors (Lipinski definition) is 4. The highest BCUT2D eigenvalue weighted by molar-refractivity contribution is 5.97. The van der Waals surface area contributed by atoms with E-state index in [1.54, 1.807) is 38.3 Å². The molecule has 1 amide bonds. The van der Waals surface area contributed by atoms with Crippen LogP contribution in [0.1, 0.15) is 49.0 Å². The van der Waals surface area contributed by atoms with Crippen LogP contribution in [0.15, 0.2) is 48.5 Å². The van der Waals surface area contributed by atoms with E-state index < -0.39 is 12.1 Å². The predicted molar refractivity (Wildman–Crippen MR) is 102 cm³/mol. The maximum Gasteiger partial charge on any atom is 0.338 e. The molecule has 5 heteroatoms. The van der Waals surface area contributed by atoms with Crippen molar-refractivity contribution < 1.29 is 19.1 Å². The molecule has 2 atom stereocenters. The Bertz CT molecular complexity index is 755. The zero-order valence-corrected chi connectivity index (χ0v) is 15.6. The van der Waals surface area contributed by atoms with Gasteiger partial charge in [-0.05, 0) is 55.2 Å². The number of benzene rings is 2. The van der Waals surface area contributed by atoms with Crippen molar-refractivity contribution in [2.75, 3.05) is 12.4 Å². The molecule has 0 spiro atoms. The van der Waals surface area contributed by atoms with E-state index >= 15 is 0 Å². The number of esters is 1. The van der Waals surface area contributed by atoms with E-state index in [1.807, 2.05) is 24.3 Å². The number of para-hydroxylation sites is 1. The summed E-state index contributed by atoms with van der Waals surface area (Å²) in [7, 11) is 1.55. The van der Waals surface area contributed by atoms with Gasteiger partial charge in [-0.15, -0.1) is 0 Å². The Labute approximate surface area is 154 Å². The minimum atomic E-state index is -0.908. The fourth-order valence-electron chi connectivity index (χ4n) is 2.50. The van der Waals surface area contributed by atoms with Gasteiger partial charge in [0.05, 0.1) is 12.7 Å². The fraction of sp³-hybridized carbons (Fsp3) is 0.333. The molecular formula is C21H25NO4. The number of carbonyl (C=O) groups excluding carboxylic acids is 2. The summed E-state index contributed by atoms with van der Waals surface area (Å²) in [5.74, 6) is 0.0609. The van der Waals surface area contributed by atoms with E-state index in [4.69, 9.17) is 9.47 Å². The third-order valence-corrected chi connectivity index (χ3v) is 4.34. The van der Waals surface area contributed by atoms with Gasteiger partial charge in [-0.25, -0.2) is 4.79 Å². The monoisotopic (exact) mass is 355 g/mol. The van der Waals surface area contributed by atoms with Gasteiger partial charge in [-0.1, -0.05) is 32.0 Å². The highest BCUT2D eigenvalue weighted by Gasteiger charge is 2.20. The second kappa shape index (κ2) is 9.04. The van der Waals surface area contributed by atoms with Crippen LogP contribution in [0.3, 0.4) is 0 Å². The Kier molecular flexibility index (Phi) is 6.78. The molecule has 138 valence electrons. The quantitative estimate of drug-likeness (QED) is 0.748. The van der Waals surface area contributed by atoms with Crippen LogP contribution in [-0.2, 0) is 9.53 Å². The van der Waals surface area contributed by atoms with Crippen LogP contribution in [-0.4, -0.2) is 25.1 Å². The van der Waals surface area contributed by atoms with Crippen LogP contribution < -0.4 is 10.1 Å². The van der Waals surface area contributed by atoms with Crippen LogP contribution >= 0.6 is 0 Å². The first kappa shape index (κ1) is 19.5. The van der Waals surface area contributed by atoms with Crippen LogP contribution in [0.4, 0.5) is 5.69 Å². The highest BCUT2D eigenvalue weighted by atomic mass is 16.5. The van der Waals surface area contributed by atoms with Crippen LogP contribution in [0.25, 0.3) is 0 Å². The minimum absolute atomic E-state index is 0.323. The Morgan fingerprint density at radius 2 is 1.69 bits per heavy atom. The van der Waals surface area contributed by atoms with Crippen molar-refractivity contribution in [2.45, 2.75) is 39.2 Å². The zero-order valence-electron chi connectivity index (χ0n) is 15.6. The van der Waals surface area contributed by atoms with Gasteiger partial charge >= 0.3 is 5.97 Å². The van der Waals surface area contributed by atoms with Gasteiger partial charge in [-0.2, -0.15) is 0 Å². The molecule has 0 bridgehead atoms. The normalized spacial score (nSPS) is 12.8. The molecule has 0 aromatic heterocycles. The van der Waals surface area contributed by atoms with Crippen molar-refractivity contribution in [1.29, 1.82) is 0 Å². The summed E-state index contributed by atoms with van der Waals surface area (Å²) >= 11 is 0. The molecule has 0 saturated heterocycles. The molecule has 0 aliphatic heterocycles. The van der Waals surface area contributed by atoms with E-state index in [1.165, 1.54) is 0 Å².